The van der Waals surface area contributed by atoms with Crippen LogP contribution in [0.15, 0.2) is 35.9 Å². The maximum Gasteiger partial charge on any atom is 0.247 e. The van der Waals surface area contributed by atoms with Crippen molar-refractivity contribution in [1.82, 2.24) is 15.1 Å². The van der Waals surface area contributed by atoms with Crippen LogP contribution in [0.1, 0.15) is 32.3 Å². The molecule has 1 saturated heterocycles. The van der Waals surface area contributed by atoms with Crippen molar-refractivity contribution in [2.24, 2.45) is 0 Å². The molecule has 3 amide bonds. The molecule has 0 saturated carbocycles. The van der Waals surface area contributed by atoms with Gasteiger partial charge in [-0.25, -0.2) is 0 Å². The predicted molar refractivity (Wildman–Crippen MR) is 101 cm³/mol. The Balaban J connectivity index is 1.77. The number of nitrogens with zero attached hydrogens (tertiary/aromatic N) is 2. The summed E-state index contributed by atoms with van der Waals surface area (Å²) in [4.78, 5) is 39.4. The molecular weight excluding hydrogens is 330 g/mol. The fourth-order valence-corrected chi connectivity index (χ4v) is 2.90. The van der Waals surface area contributed by atoms with Gasteiger partial charge in [0.2, 0.25) is 17.7 Å². The summed E-state index contributed by atoms with van der Waals surface area (Å²) < 4.78 is 0. The van der Waals surface area contributed by atoms with Crippen LogP contribution in [0.2, 0.25) is 0 Å². The number of benzene rings is 1. The molecule has 1 fully saturated rings. The van der Waals surface area contributed by atoms with Gasteiger partial charge in [-0.15, -0.1) is 0 Å². The largest absolute Gasteiger partial charge is 0.352 e. The van der Waals surface area contributed by atoms with E-state index in [4.69, 9.17) is 0 Å². The van der Waals surface area contributed by atoms with Gasteiger partial charge in [-0.2, -0.15) is 0 Å². The van der Waals surface area contributed by atoms with E-state index in [1.807, 2.05) is 43.3 Å². The van der Waals surface area contributed by atoms with E-state index in [1.54, 1.807) is 16.7 Å². The van der Waals surface area contributed by atoms with Crippen LogP contribution in [0, 0.1) is 0 Å². The average Bonchev–Trinajstić information content (AvgIpc) is 2.66. The molecule has 1 aliphatic heterocycles. The molecule has 6 heteroatoms. The van der Waals surface area contributed by atoms with Gasteiger partial charge in [0.15, 0.2) is 0 Å². The van der Waals surface area contributed by atoms with Gasteiger partial charge in [-0.3, -0.25) is 14.4 Å². The molecule has 1 aliphatic rings. The minimum atomic E-state index is -0.134. The van der Waals surface area contributed by atoms with E-state index in [2.05, 4.69) is 5.32 Å². The normalized spacial score (nSPS) is 14.9. The summed E-state index contributed by atoms with van der Waals surface area (Å²) in [6.45, 7) is 6.06. The highest BCUT2D eigenvalue weighted by Gasteiger charge is 2.22. The SMILES string of the molecule is CC/C(=C\c1ccccc1)C(=O)NCCC(=O)N1CCN(C(C)=O)CC1. The Morgan fingerprint density at radius 1 is 1.04 bits per heavy atom. The Hall–Kier alpha value is -2.63. The Morgan fingerprint density at radius 3 is 2.23 bits per heavy atom. The molecular formula is C20H27N3O3. The number of nitrogens with one attached hydrogen (secondary N) is 1. The lowest BCUT2D eigenvalue weighted by Gasteiger charge is -2.34. The van der Waals surface area contributed by atoms with Crippen molar-refractivity contribution in [3.05, 3.63) is 41.5 Å². The summed E-state index contributed by atoms with van der Waals surface area (Å²) in [7, 11) is 0. The lowest BCUT2D eigenvalue weighted by molar-refractivity contribution is -0.138. The molecule has 0 unspecified atom stereocenters. The summed E-state index contributed by atoms with van der Waals surface area (Å²) in [5, 5.41) is 2.83. The first-order chi connectivity index (χ1) is 12.5. The second kappa shape index (κ2) is 9.75. The lowest BCUT2D eigenvalue weighted by atomic mass is 10.1. The van der Waals surface area contributed by atoms with Gasteiger partial charge in [0, 0.05) is 51.6 Å². The molecule has 1 aromatic carbocycles. The summed E-state index contributed by atoms with van der Waals surface area (Å²) in [5.41, 5.74) is 1.68. The first-order valence-corrected chi connectivity index (χ1v) is 9.08. The van der Waals surface area contributed by atoms with Crippen LogP contribution >= 0.6 is 0 Å². The van der Waals surface area contributed by atoms with E-state index >= 15 is 0 Å². The molecule has 2 rings (SSSR count). The van der Waals surface area contributed by atoms with Gasteiger partial charge in [0.25, 0.3) is 0 Å². The van der Waals surface area contributed by atoms with E-state index in [0.717, 1.165) is 5.56 Å². The first kappa shape index (κ1) is 19.7. The molecule has 0 atom stereocenters. The number of amides is 3. The lowest BCUT2D eigenvalue weighted by Crippen LogP contribution is -2.50. The van der Waals surface area contributed by atoms with E-state index in [1.165, 1.54) is 0 Å². The van der Waals surface area contributed by atoms with E-state index in [0.29, 0.717) is 44.7 Å². The second-order valence-corrected chi connectivity index (χ2v) is 6.33. The summed E-state index contributed by atoms with van der Waals surface area (Å²) in [5.74, 6) is -0.0780. The van der Waals surface area contributed by atoms with Gasteiger partial charge < -0.3 is 15.1 Å². The van der Waals surface area contributed by atoms with E-state index < -0.39 is 0 Å². The van der Waals surface area contributed by atoms with Crippen LogP contribution in [-0.2, 0) is 14.4 Å². The first-order valence-electron chi connectivity index (χ1n) is 9.08. The van der Waals surface area contributed by atoms with Crippen molar-refractivity contribution >= 4 is 23.8 Å². The van der Waals surface area contributed by atoms with Crippen LogP contribution in [0.3, 0.4) is 0 Å². The third kappa shape index (κ3) is 5.72. The Kier molecular flexibility index (Phi) is 7.38. The zero-order valence-corrected chi connectivity index (χ0v) is 15.5. The molecule has 0 bridgehead atoms. The van der Waals surface area contributed by atoms with Crippen molar-refractivity contribution in [2.45, 2.75) is 26.7 Å². The van der Waals surface area contributed by atoms with E-state index in [-0.39, 0.29) is 24.1 Å². The fourth-order valence-electron chi connectivity index (χ4n) is 2.90. The van der Waals surface area contributed by atoms with Gasteiger partial charge in [0.1, 0.15) is 0 Å². The van der Waals surface area contributed by atoms with Crippen LogP contribution < -0.4 is 5.32 Å². The molecule has 1 heterocycles. The van der Waals surface area contributed by atoms with Crippen molar-refractivity contribution < 1.29 is 14.4 Å². The number of rotatable bonds is 6. The predicted octanol–water partition coefficient (Wildman–Crippen LogP) is 1.68. The maximum absolute atomic E-state index is 12.3. The molecule has 1 aromatic rings. The topological polar surface area (TPSA) is 69.7 Å². The highest BCUT2D eigenvalue weighted by molar-refractivity contribution is 5.97. The fraction of sp³-hybridized carbons (Fsp3) is 0.450. The van der Waals surface area contributed by atoms with Gasteiger partial charge >= 0.3 is 0 Å². The number of piperazine rings is 1. The Labute approximate surface area is 154 Å². The quantitative estimate of drug-likeness (QED) is 0.788. The number of hydrogen-bond acceptors (Lipinski definition) is 3. The molecule has 0 aromatic heterocycles. The summed E-state index contributed by atoms with van der Waals surface area (Å²) in [6.07, 6.45) is 2.77. The maximum atomic E-state index is 12.3. The van der Waals surface area contributed by atoms with E-state index in [9.17, 15) is 14.4 Å². The zero-order chi connectivity index (χ0) is 18.9. The summed E-state index contributed by atoms with van der Waals surface area (Å²) >= 11 is 0. The monoisotopic (exact) mass is 357 g/mol. The minimum absolute atomic E-state index is 0.0126. The Morgan fingerprint density at radius 2 is 1.65 bits per heavy atom. The number of carbonyl (C=O) groups is 3. The Bertz CT molecular complexity index is 662. The van der Waals surface area contributed by atoms with Crippen LogP contribution in [-0.4, -0.2) is 60.2 Å². The van der Waals surface area contributed by atoms with Crippen molar-refractivity contribution in [3.63, 3.8) is 0 Å². The van der Waals surface area contributed by atoms with Crippen LogP contribution in [0.5, 0.6) is 0 Å². The number of hydrogen-bond donors (Lipinski definition) is 1. The molecule has 0 spiro atoms. The van der Waals surface area contributed by atoms with Gasteiger partial charge in [0.05, 0.1) is 0 Å². The highest BCUT2D eigenvalue weighted by Crippen LogP contribution is 2.10. The third-order valence-corrected chi connectivity index (χ3v) is 4.52. The summed E-state index contributed by atoms with van der Waals surface area (Å²) in [6, 6.07) is 9.70. The second-order valence-electron chi connectivity index (χ2n) is 6.33. The molecule has 0 radical (unpaired) electrons. The van der Waals surface area contributed by atoms with Crippen molar-refractivity contribution in [3.8, 4) is 0 Å². The molecule has 6 nitrogen and oxygen atoms in total. The molecule has 1 N–H and O–H groups in total. The third-order valence-electron chi connectivity index (χ3n) is 4.52. The smallest absolute Gasteiger partial charge is 0.247 e. The number of carbonyl (C=O) groups excluding carboxylic acids is 3. The van der Waals surface area contributed by atoms with Gasteiger partial charge in [-0.05, 0) is 18.1 Å². The van der Waals surface area contributed by atoms with Crippen LogP contribution in [0.4, 0.5) is 0 Å². The minimum Gasteiger partial charge on any atom is -0.352 e. The average molecular weight is 357 g/mol. The molecule has 140 valence electrons. The van der Waals surface area contributed by atoms with Gasteiger partial charge in [-0.1, -0.05) is 37.3 Å². The standard InChI is InChI=1S/C20H27N3O3/c1-3-18(15-17-7-5-4-6-8-17)20(26)21-10-9-19(25)23-13-11-22(12-14-23)16(2)24/h4-8,15H,3,9-14H2,1-2H3,(H,21,26)/b18-15+. The zero-order valence-electron chi connectivity index (χ0n) is 15.5. The molecule has 26 heavy (non-hydrogen) atoms. The highest BCUT2D eigenvalue weighted by atomic mass is 16.2. The molecule has 0 aliphatic carbocycles. The van der Waals surface area contributed by atoms with Crippen molar-refractivity contribution in [2.75, 3.05) is 32.7 Å². The van der Waals surface area contributed by atoms with Crippen molar-refractivity contribution in [1.29, 1.82) is 0 Å². The van der Waals surface area contributed by atoms with Crippen LogP contribution in [0.25, 0.3) is 6.08 Å².